The molecule has 10 heteroatoms. The van der Waals surface area contributed by atoms with Crippen molar-refractivity contribution in [2.75, 3.05) is 45.8 Å². The molecule has 2 aliphatic heterocycles. The zero-order chi connectivity index (χ0) is 22.0. The molecule has 2 saturated heterocycles. The zero-order valence-corrected chi connectivity index (χ0v) is 19.0. The second-order valence-corrected chi connectivity index (χ2v) is 10.3. The number of hydrogen-bond donors (Lipinski definition) is 0. The van der Waals surface area contributed by atoms with Crippen LogP contribution >= 0.6 is 0 Å². The standard InChI is InChI=1S/C21H30N6O3S/c1-3-24-9-11-25(12-10-24)21(28)19-15-26(16-23-19)20-7-6-18(13-22-20)31(29,30)27-8-4-5-17(2)14-27/h6-7,13,15-17H,3-5,8-12,14H2,1-2H3/t17-/m1/s1. The summed E-state index contributed by atoms with van der Waals surface area (Å²) in [6, 6.07) is 3.22. The SMILES string of the molecule is CCN1CCN(C(=O)c2cn(-c3ccc(S(=O)(=O)N4CCC[C@@H](C)C4)cn3)cn2)CC1. The highest BCUT2D eigenvalue weighted by atomic mass is 32.2. The molecule has 1 atom stereocenters. The van der Waals surface area contributed by atoms with Gasteiger partial charge in [0.05, 0.1) is 0 Å². The summed E-state index contributed by atoms with van der Waals surface area (Å²) in [5, 5.41) is 0. The summed E-state index contributed by atoms with van der Waals surface area (Å²) >= 11 is 0. The summed E-state index contributed by atoms with van der Waals surface area (Å²) in [5.74, 6) is 0.795. The van der Waals surface area contributed by atoms with Crippen LogP contribution in [0.2, 0.25) is 0 Å². The minimum Gasteiger partial charge on any atom is -0.335 e. The number of imidazole rings is 1. The van der Waals surface area contributed by atoms with Crippen molar-refractivity contribution in [3.05, 3.63) is 36.5 Å². The average molecular weight is 447 g/mol. The maximum Gasteiger partial charge on any atom is 0.274 e. The molecule has 0 N–H and O–H groups in total. The summed E-state index contributed by atoms with van der Waals surface area (Å²) in [6.45, 7) is 9.41. The quantitative estimate of drug-likeness (QED) is 0.691. The lowest BCUT2D eigenvalue weighted by molar-refractivity contribution is 0.0638. The third-order valence-corrected chi connectivity index (χ3v) is 8.00. The fraction of sp³-hybridized carbons (Fsp3) is 0.571. The van der Waals surface area contributed by atoms with E-state index in [4.69, 9.17) is 0 Å². The van der Waals surface area contributed by atoms with Crippen LogP contribution in [0.25, 0.3) is 5.82 Å². The van der Waals surface area contributed by atoms with Crippen LogP contribution in [0.4, 0.5) is 0 Å². The van der Waals surface area contributed by atoms with Crippen molar-refractivity contribution in [3.8, 4) is 5.82 Å². The first kappa shape index (κ1) is 21.9. The molecule has 2 aliphatic rings. The minimum absolute atomic E-state index is 0.0899. The fourth-order valence-corrected chi connectivity index (χ4v) is 5.72. The lowest BCUT2D eigenvalue weighted by atomic mass is 10.0. The summed E-state index contributed by atoms with van der Waals surface area (Å²) in [6.07, 6.45) is 6.51. The topological polar surface area (TPSA) is 91.6 Å². The first-order valence-corrected chi connectivity index (χ1v) is 12.3. The van der Waals surface area contributed by atoms with E-state index in [0.717, 1.165) is 32.5 Å². The van der Waals surface area contributed by atoms with Crippen LogP contribution in [0.1, 0.15) is 37.2 Å². The number of rotatable bonds is 5. The smallest absolute Gasteiger partial charge is 0.274 e. The molecule has 2 aromatic heterocycles. The Morgan fingerprint density at radius 2 is 1.90 bits per heavy atom. The molecule has 1 amide bonds. The number of nitrogens with zero attached hydrogens (tertiary/aromatic N) is 6. The first-order chi connectivity index (χ1) is 14.9. The molecule has 0 radical (unpaired) electrons. The first-order valence-electron chi connectivity index (χ1n) is 10.9. The minimum atomic E-state index is -3.54. The number of likely N-dealkylation sites (N-methyl/N-ethyl adjacent to an activating group) is 1. The van der Waals surface area contributed by atoms with E-state index < -0.39 is 10.0 Å². The van der Waals surface area contributed by atoms with Crippen molar-refractivity contribution in [2.45, 2.75) is 31.6 Å². The summed E-state index contributed by atoms with van der Waals surface area (Å²) < 4.78 is 29.0. The van der Waals surface area contributed by atoms with E-state index in [-0.39, 0.29) is 10.8 Å². The molecule has 4 rings (SSSR count). The monoisotopic (exact) mass is 446 g/mol. The number of piperazine rings is 1. The van der Waals surface area contributed by atoms with Gasteiger partial charge in [0.1, 0.15) is 22.7 Å². The lowest BCUT2D eigenvalue weighted by Crippen LogP contribution is -2.48. The predicted molar refractivity (Wildman–Crippen MR) is 117 cm³/mol. The Hall–Kier alpha value is -2.30. The van der Waals surface area contributed by atoms with Gasteiger partial charge in [0, 0.05) is 51.7 Å². The number of pyridine rings is 1. The van der Waals surface area contributed by atoms with Crippen LogP contribution < -0.4 is 0 Å². The average Bonchev–Trinajstić information content (AvgIpc) is 3.29. The van der Waals surface area contributed by atoms with Gasteiger partial charge in [-0.25, -0.2) is 18.4 Å². The second kappa shape index (κ2) is 9.05. The van der Waals surface area contributed by atoms with Gasteiger partial charge in [0.25, 0.3) is 5.91 Å². The largest absolute Gasteiger partial charge is 0.335 e. The van der Waals surface area contributed by atoms with Crippen molar-refractivity contribution in [2.24, 2.45) is 5.92 Å². The molecule has 0 bridgehead atoms. The number of carbonyl (C=O) groups excluding carboxylic acids is 1. The van der Waals surface area contributed by atoms with E-state index in [9.17, 15) is 13.2 Å². The van der Waals surface area contributed by atoms with E-state index in [1.165, 1.54) is 6.20 Å². The third kappa shape index (κ3) is 4.65. The molecule has 31 heavy (non-hydrogen) atoms. The Balaban J connectivity index is 1.45. The fourth-order valence-electron chi connectivity index (χ4n) is 4.18. The van der Waals surface area contributed by atoms with Crippen LogP contribution in [0.5, 0.6) is 0 Å². The van der Waals surface area contributed by atoms with E-state index >= 15 is 0 Å². The van der Waals surface area contributed by atoms with Crippen molar-refractivity contribution in [3.63, 3.8) is 0 Å². The Morgan fingerprint density at radius 1 is 1.13 bits per heavy atom. The van der Waals surface area contributed by atoms with Crippen LogP contribution in [0.15, 0.2) is 35.7 Å². The highest BCUT2D eigenvalue weighted by Crippen LogP contribution is 2.23. The number of piperidine rings is 1. The zero-order valence-electron chi connectivity index (χ0n) is 18.1. The molecule has 0 aliphatic carbocycles. The van der Waals surface area contributed by atoms with Crippen LogP contribution in [-0.4, -0.2) is 88.8 Å². The summed E-state index contributed by atoms with van der Waals surface area (Å²) in [5.41, 5.74) is 0.366. The van der Waals surface area contributed by atoms with Gasteiger partial charge in [0.15, 0.2) is 0 Å². The molecule has 2 fully saturated rings. The number of amides is 1. The van der Waals surface area contributed by atoms with Gasteiger partial charge in [-0.05, 0) is 37.4 Å². The van der Waals surface area contributed by atoms with Crippen molar-refractivity contribution in [1.29, 1.82) is 0 Å². The number of hydrogen-bond acceptors (Lipinski definition) is 6. The van der Waals surface area contributed by atoms with Crippen molar-refractivity contribution >= 4 is 15.9 Å². The number of carbonyl (C=O) groups is 1. The molecular formula is C21H30N6O3S. The van der Waals surface area contributed by atoms with Gasteiger partial charge in [-0.15, -0.1) is 0 Å². The normalized spacial score (nSPS) is 21.4. The molecular weight excluding hydrogens is 416 g/mol. The van der Waals surface area contributed by atoms with Crippen molar-refractivity contribution < 1.29 is 13.2 Å². The molecule has 0 aromatic carbocycles. The maximum atomic E-state index is 12.9. The molecule has 0 saturated carbocycles. The molecule has 0 spiro atoms. The van der Waals surface area contributed by atoms with Gasteiger partial charge >= 0.3 is 0 Å². The molecule has 168 valence electrons. The van der Waals surface area contributed by atoms with E-state index in [1.54, 1.807) is 33.5 Å². The van der Waals surface area contributed by atoms with Gasteiger partial charge in [0.2, 0.25) is 10.0 Å². The van der Waals surface area contributed by atoms with E-state index in [2.05, 4.69) is 28.7 Å². The molecule has 0 unspecified atom stereocenters. The van der Waals surface area contributed by atoms with Crippen molar-refractivity contribution in [1.82, 2.24) is 28.6 Å². The molecule has 4 heterocycles. The Kier molecular flexibility index (Phi) is 6.40. The highest BCUT2D eigenvalue weighted by Gasteiger charge is 2.29. The van der Waals surface area contributed by atoms with Gasteiger partial charge in [-0.3, -0.25) is 9.36 Å². The second-order valence-electron chi connectivity index (χ2n) is 8.36. The summed E-state index contributed by atoms with van der Waals surface area (Å²) in [4.78, 5) is 25.6. The Morgan fingerprint density at radius 3 is 2.55 bits per heavy atom. The lowest BCUT2D eigenvalue weighted by Gasteiger charge is -2.33. The van der Waals surface area contributed by atoms with Crippen LogP contribution in [0, 0.1) is 5.92 Å². The Labute approximate surface area is 183 Å². The number of sulfonamides is 1. The predicted octanol–water partition coefficient (Wildman–Crippen LogP) is 1.47. The number of aromatic nitrogens is 3. The van der Waals surface area contributed by atoms with Gasteiger partial charge in [-0.1, -0.05) is 13.8 Å². The maximum absolute atomic E-state index is 12.9. The summed E-state index contributed by atoms with van der Waals surface area (Å²) in [7, 11) is -3.54. The van der Waals surface area contributed by atoms with Crippen LogP contribution in [-0.2, 0) is 10.0 Å². The third-order valence-electron chi connectivity index (χ3n) is 6.15. The molecule has 9 nitrogen and oxygen atoms in total. The van der Waals surface area contributed by atoms with Gasteiger partial charge in [-0.2, -0.15) is 4.31 Å². The molecule has 2 aromatic rings. The van der Waals surface area contributed by atoms with E-state index in [0.29, 0.717) is 43.6 Å². The van der Waals surface area contributed by atoms with Crippen LogP contribution in [0.3, 0.4) is 0 Å². The highest BCUT2D eigenvalue weighted by molar-refractivity contribution is 7.89. The van der Waals surface area contributed by atoms with E-state index in [1.807, 2.05) is 4.90 Å². The Bertz CT molecular complexity index is 1010. The van der Waals surface area contributed by atoms with Gasteiger partial charge < -0.3 is 9.80 Å².